The number of carbonyl (C=O) groups excluding carboxylic acids is 1. The summed E-state index contributed by atoms with van der Waals surface area (Å²) in [4.78, 5) is 12.7. The number of thioether (sulfide) groups is 1. The smallest absolute Gasteiger partial charge is 0.261 e. The van der Waals surface area contributed by atoms with Gasteiger partial charge in [-0.1, -0.05) is 83.3 Å². The molecule has 0 atom stereocenters. The molecule has 0 aliphatic rings. The van der Waals surface area contributed by atoms with Gasteiger partial charge in [-0.15, -0.1) is 10.2 Å². The van der Waals surface area contributed by atoms with E-state index in [0.717, 1.165) is 15.7 Å². The van der Waals surface area contributed by atoms with Crippen molar-refractivity contribution in [1.82, 2.24) is 10.2 Å². The van der Waals surface area contributed by atoms with Gasteiger partial charge in [-0.3, -0.25) is 10.1 Å². The minimum atomic E-state index is -0.250. The van der Waals surface area contributed by atoms with Crippen LogP contribution in [-0.2, 0) is 5.75 Å². The molecule has 1 N–H and O–H groups in total. The van der Waals surface area contributed by atoms with Gasteiger partial charge in [0.05, 0.1) is 5.56 Å². The third-order valence-corrected chi connectivity index (χ3v) is 6.37. The number of rotatable bonds is 6. The molecule has 5 nitrogen and oxygen atoms in total. The highest BCUT2D eigenvalue weighted by Gasteiger charge is 2.18. The predicted molar refractivity (Wildman–Crippen MR) is 117 cm³/mol. The Hall–Kier alpha value is -2.90. The summed E-state index contributed by atoms with van der Waals surface area (Å²) in [6, 6.07) is 19.9. The number of furan rings is 1. The van der Waals surface area contributed by atoms with Crippen LogP contribution in [0, 0.1) is 13.8 Å². The number of amides is 1. The Morgan fingerprint density at radius 2 is 1.83 bits per heavy atom. The number of nitrogens with zero attached hydrogens (tertiary/aromatic N) is 2. The average Bonchev–Trinajstić information content (AvgIpc) is 3.34. The minimum Gasteiger partial charge on any atom is -0.461 e. The zero-order valence-corrected chi connectivity index (χ0v) is 17.6. The highest BCUT2D eigenvalue weighted by Crippen LogP contribution is 2.30. The van der Waals surface area contributed by atoms with Crippen LogP contribution in [0.2, 0.25) is 0 Å². The molecular weight excluding hydrogens is 402 g/mol. The maximum absolute atomic E-state index is 12.7. The first-order chi connectivity index (χ1) is 14.1. The van der Waals surface area contributed by atoms with Gasteiger partial charge >= 0.3 is 0 Å². The van der Waals surface area contributed by atoms with Crippen LogP contribution >= 0.6 is 23.1 Å². The van der Waals surface area contributed by atoms with Crippen LogP contribution in [0.1, 0.15) is 27.2 Å². The molecule has 0 saturated heterocycles. The van der Waals surface area contributed by atoms with Crippen molar-refractivity contribution in [3.8, 4) is 11.3 Å². The second-order valence-corrected chi connectivity index (χ2v) is 8.75. The molecule has 0 aliphatic carbocycles. The molecule has 0 saturated carbocycles. The Bertz CT molecular complexity index is 1120. The van der Waals surface area contributed by atoms with Crippen LogP contribution in [0.25, 0.3) is 11.3 Å². The van der Waals surface area contributed by atoms with Crippen molar-refractivity contribution >= 4 is 34.1 Å². The molecule has 2 aromatic carbocycles. The lowest BCUT2D eigenvalue weighted by Crippen LogP contribution is -2.11. The monoisotopic (exact) mass is 421 g/mol. The van der Waals surface area contributed by atoms with Gasteiger partial charge in [0.25, 0.3) is 5.91 Å². The number of hydrogen-bond donors (Lipinski definition) is 1. The summed E-state index contributed by atoms with van der Waals surface area (Å²) in [5, 5.41) is 11.5. The Labute approximate surface area is 177 Å². The highest BCUT2D eigenvalue weighted by atomic mass is 32.2. The van der Waals surface area contributed by atoms with Crippen molar-refractivity contribution in [2.45, 2.75) is 23.9 Å². The predicted octanol–water partition coefficient (Wildman–Crippen LogP) is 5.96. The summed E-state index contributed by atoms with van der Waals surface area (Å²) < 4.78 is 6.61. The Balaban J connectivity index is 1.42. The molecule has 0 radical (unpaired) electrons. The van der Waals surface area contributed by atoms with Crippen LogP contribution in [0.5, 0.6) is 0 Å². The normalized spacial score (nSPS) is 10.8. The van der Waals surface area contributed by atoms with Gasteiger partial charge in [-0.05, 0) is 25.5 Å². The summed E-state index contributed by atoms with van der Waals surface area (Å²) in [5.74, 6) is 1.80. The van der Waals surface area contributed by atoms with E-state index in [9.17, 15) is 4.79 Å². The number of hydrogen-bond acceptors (Lipinski definition) is 6. The van der Waals surface area contributed by atoms with Gasteiger partial charge in [0, 0.05) is 11.3 Å². The first-order valence-corrected chi connectivity index (χ1v) is 10.9. The van der Waals surface area contributed by atoms with Crippen molar-refractivity contribution < 1.29 is 9.21 Å². The van der Waals surface area contributed by atoms with E-state index in [2.05, 4.69) is 27.6 Å². The molecule has 2 aromatic heterocycles. The van der Waals surface area contributed by atoms with E-state index < -0.39 is 0 Å². The van der Waals surface area contributed by atoms with Crippen LogP contribution in [-0.4, -0.2) is 16.1 Å². The largest absolute Gasteiger partial charge is 0.461 e. The highest BCUT2D eigenvalue weighted by molar-refractivity contribution is 8.00. The number of anilines is 1. The zero-order chi connectivity index (χ0) is 20.2. The fourth-order valence-electron chi connectivity index (χ4n) is 2.77. The van der Waals surface area contributed by atoms with Gasteiger partial charge in [0.2, 0.25) is 5.13 Å². The van der Waals surface area contributed by atoms with Crippen molar-refractivity contribution in [3.05, 3.63) is 83.1 Å². The summed E-state index contributed by atoms with van der Waals surface area (Å²) in [7, 11) is 0. The molecule has 0 fully saturated rings. The maximum Gasteiger partial charge on any atom is 0.261 e. The topological polar surface area (TPSA) is 68.0 Å². The first kappa shape index (κ1) is 19.4. The molecule has 4 rings (SSSR count). The van der Waals surface area contributed by atoms with Crippen molar-refractivity contribution in [2.75, 3.05) is 5.32 Å². The standard InChI is InChI=1S/C22H19N3O2S2/c1-14-8-10-17(11-9-14)19-12-18(15(2)27-19)20(26)23-21-24-25-22(29-21)28-13-16-6-4-3-5-7-16/h3-12H,13H2,1-2H3,(H,23,24,26). The first-order valence-electron chi connectivity index (χ1n) is 9.07. The number of nitrogens with one attached hydrogen (secondary N) is 1. The van der Waals surface area contributed by atoms with Crippen molar-refractivity contribution in [2.24, 2.45) is 0 Å². The van der Waals surface area contributed by atoms with Crippen LogP contribution in [0.4, 0.5) is 5.13 Å². The second kappa shape index (κ2) is 8.63. The molecule has 0 bridgehead atoms. The summed E-state index contributed by atoms with van der Waals surface area (Å²) in [5.41, 5.74) is 3.82. The van der Waals surface area contributed by atoms with E-state index in [0.29, 0.717) is 22.2 Å². The fourth-order valence-corrected chi connectivity index (χ4v) is 4.47. The summed E-state index contributed by atoms with van der Waals surface area (Å²) in [6.45, 7) is 3.82. The van der Waals surface area contributed by atoms with E-state index in [-0.39, 0.29) is 5.91 Å². The fraction of sp³-hybridized carbons (Fsp3) is 0.136. The SMILES string of the molecule is Cc1ccc(-c2cc(C(=O)Nc3nnc(SCc4ccccc4)s3)c(C)o2)cc1. The van der Waals surface area contributed by atoms with Gasteiger partial charge < -0.3 is 4.42 Å². The van der Waals surface area contributed by atoms with Crippen molar-refractivity contribution in [1.29, 1.82) is 0 Å². The second-order valence-electron chi connectivity index (χ2n) is 6.55. The summed E-state index contributed by atoms with van der Waals surface area (Å²) >= 11 is 2.96. The number of carbonyl (C=O) groups is 1. The number of aryl methyl sites for hydroxylation is 2. The molecule has 0 aliphatic heterocycles. The number of benzene rings is 2. The lowest BCUT2D eigenvalue weighted by molar-refractivity contribution is 0.102. The number of aromatic nitrogens is 2. The van der Waals surface area contributed by atoms with E-state index >= 15 is 0 Å². The molecule has 4 aromatic rings. The summed E-state index contributed by atoms with van der Waals surface area (Å²) in [6.07, 6.45) is 0. The zero-order valence-electron chi connectivity index (χ0n) is 16.0. The van der Waals surface area contributed by atoms with E-state index in [1.54, 1.807) is 24.8 Å². The molecular formula is C22H19N3O2S2. The van der Waals surface area contributed by atoms with E-state index in [1.165, 1.54) is 22.5 Å². The average molecular weight is 422 g/mol. The third kappa shape index (κ3) is 4.75. The Kier molecular flexibility index (Phi) is 5.78. The van der Waals surface area contributed by atoms with Gasteiger partial charge in [-0.25, -0.2) is 0 Å². The lowest BCUT2D eigenvalue weighted by atomic mass is 10.1. The molecule has 29 heavy (non-hydrogen) atoms. The Morgan fingerprint density at radius 1 is 1.07 bits per heavy atom. The van der Waals surface area contributed by atoms with Gasteiger partial charge in [0.15, 0.2) is 4.34 Å². The molecule has 146 valence electrons. The van der Waals surface area contributed by atoms with Crippen LogP contribution < -0.4 is 5.32 Å². The van der Waals surface area contributed by atoms with Crippen LogP contribution in [0.15, 0.2) is 69.4 Å². The van der Waals surface area contributed by atoms with E-state index in [1.807, 2.05) is 49.4 Å². The van der Waals surface area contributed by atoms with Gasteiger partial charge in [-0.2, -0.15) is 0 Å². The molecule has 0 spiro atoms. The van der Waals surface area contributed by atoms with Crippen molar-refractivity contribution in [3.63, 3.8) is 0 Å². The van der Waals surface area contributed by atoms with E-state index in [4.69, 9.17) is 4.42 Å². The molecule has 0 unspecified atom stereocenters. The molecule has 7 heteroatoms. The molecule has 2 heterocycles. The molecule has 1 amide bonds. The Morgan fingerprint density at radius 3 is 2.59 bits per heavy atom. The van der Waals surface area contributed by atoms with Gasteiger partial charge in [0.1, 0.15) is 11.5 Å². The maximum atomic E-state index is 12.7. The lowest BCUT2D eigenvalue weighted by Gasteiger charge is -1.98. The quantitative estimate of drug-likeness (QED) is 0.307. The third-order valence-electron chi connectivity index (χ3n) is 4.33. The van der Waals surface area contributed by atoms with Crippen LogP contribution in [0.3, 0.4) is 0 Å². The minimum absolute atomic E-state index is 0.250.